The summed E-state index contributed by atoms with van der Waals surface area (Å²) in [4.78, 5) is 19.7. The van der Waals surface area contributed by atoms with Crippen molar-refractivity contribution >= 4 is 35.3 Å². The van der Waals surface area contributed by atoms with E-state index in [0.717, 1.165) is 49.4 Å². The normalized spacial score (nSPS) is 9.85. The van der Waals surface area contributed by atoms with E-state index in [2.05, 4.69) is 0 Å². The average Bonchev–Trinajstić information content (AvgIpc) is 2.63. The van der Waals surface area contributed by atoms with Crippen LogP contribution in [-0.4, -0.2) is 12.6 Å². The van der Waals surface area contributed by atoms with Crippen molar-refractivity contribution in [1.29, 1.82) is 0 Å². The van der Waals surface area contributed by atoms with E-state index in [1.165, 1.54) is 0 Å². The molecule has 0 saturated carbocycles. The number of carbonyl (C=O) groups is 2. The molecule has 0 bridgehead atoms. The molecular weight excluding hydrogens is 328 g/mol. The fourth-order valence-corrected chi connectivity index (χ4v) is 2.32. The van der Waals surface area contributed by atoms with Crippen LogP contribution >= 0.6 is 0 Å². The molecule has 0 aliphatic rings. The number of anilines is 4. The zero-order chi connectivity index (χ0) is 19.4. The Labute approximate surface area is 154 Å². The van der Waals surface area contributed by atoms with Crippen molar-refractivity contribution in [2.75, 3.05) is 22.9 Å². The minimum absolute atomic E-state index is 0.563. The molecule has 2 aromatic rings. The lowest BCUT2D eigenvalue weighted by Gasteiger charge is -2.07. The highest BCUT2D eigenvalue weighted by molar-refractivity contribution is 5.78. The number of carbonyl (C=O) groups excluding carboxylic acids is 2. The van der Waals surface area contributed by atoms with E-state index in [9.17, 15) is 9.59 Å². The second-order valence-corrected chi connectivity index (χ2v) is 6.01. The molecule has 0 fully saturated rings. The minimum Gasteiger partial charge on any atom is -0.397 e. The van der Waals surface area contributed by atoms with Gasteiger partial charge in [0.05, 0.1) is 22.7 Å². The quantitative estimate of drug-likeness (QED) is 0.325. The van der Waals surface area contributed by atoms with Gasteiger partial charge < -0.3 is 32.5 Å². The van der Waals surface area contributed by atoms with Gasteiger partial charge in [-0.25, -0.2) is 0 Å². The van der Waals surface area contributed by atoms with Crippen molar-refractivity contribution in [2.45, 2.75) is 38.5 Å². The summed E-state index contributed by atoms with van der Waals surface area (Å²) in [6, 6.07) is 11.0. The molecule has 8 N–H and O–H groups in total. The van der Waals surface area contributed by atoms with Crippen LogP contribution in [0, 0.1) is 0 Å². The van der Waals surface area contributed by atoms with Gasteiger partial charge >= 0.3 is 0 Å². The SMILES string of the molecule is Nc1ccc(-c2ccc(N)c(N)c2)cc1N.O=CCCCCCCC=O. The number of unbranched alkanes of at least 4 members (excludes halogenated alkanes) is 5. The van der Waals surface area contributed by atoms with Crippen LogP contribution < -0.4 is 22.9 Å². The summed E-state index contributed by atoms with van der Waals surface area (Å²) in [6.45, 7) is 0. The van der Waals surface area contributed by atoms with Gasteiger partial charge in [-0.2, -0.15) is 0 Å². The zero-order valence-corrected chi connectivity index (χ0v) is 15.0. The third-order valence-electron chi connectivity index (χ3n) is 3.90. The van der Waals surface area contributed by atoms with Gasteiger partial charge in [-0.05, 0) is 48.2 Å². The first-order chi connectivity index (χ1) is 12.5. The Morgan fingerprint density at radius 1 is 0.577 bits per heavy atom. The predicted molar refractivity (Wildman–Crippen MR) is 109 cm³/mol. The highest BCUT2D eigenvalue weighted by Gasteiger charge is 2.02. The average molecular weight is 356 g/mol. The van der Waals surface area contributed by atoms with Crippen LogP contribution in [-0.2, 0) is 9.59 Å². The Bertz CT molecular complexity index is 655. The van der Waals surface area contributed by atoms with Gasteiger partial charge in [-0.1, -0.05) is 25.0 Å². The molecule has 140 valence electrons. The largest absolute Gasteiger partial charge is 0.397 e. The zero-order valence-electron chi connectivity index (χ0n) is 15.0. The van der Waals surface area contributed by atoms with Gasteiger partial charge in [0.15, 0.2) is 0 Å². The summed E-state index contributed by atoms with van der Waals surface area (Å²) in [7, 11) is 0. The minimum atomic E-state index is 0.563. The summed E-state index contributed by atoms with van der Waals surface area (Å²) in [6.07, 6.45) is 7.32. The molecule has 0 aromatic heterocycles. The monoisotopic (exact) mass is 356 g/mol. The van der Waals surface area contributed by atoms with Crippen LogP contribution in [0.2, 0.25) is 0 Å². The molecule has 26 heavy (non-hydrogen) atoms. The van der Waals surface area contributed by atoms with E-state index in [0.29, 0.717) is 35.6 Å². The number of benzene rings is 2. The maximum atomic E-state index is 9.84. The van der Waals surface area contributed by atoms with E-state index in [-0.39, 0.29) is 0 Å². The number of nitrogens with two attached hydrogens (primary N) is 4. The Morgan fingerprint density at radius 2 is 0.962 bits per heavy atom. The van der Waals surface area contributed by atoms with Gasteiger partial charge in [-0.3, -0.25) is 0 Å². The van der Waals surface area contributed by atoms with Gasteiger partial charge in [-0.15, -0.1) is 0 Å². The molecule has 0 radical (unpaired) electrons. The summed E-state index contributed by atoms with van der Waals surface area (Å²) >= 11 is 0. The molecule has 2 rings (SSSR count). The molecule has 0 amide bonds. The lowest BCUT2D eigenvalue weighted by molar-refractivity contribution is -0.108. The standard InChI is InChI=1S/C12H14N4.C8H14O2/c13-9-3-1-7(5-11(9)15)8-2-4-10(14)12(16)6-8;9-7-5-3-1-2-4-6-8-10/h1-6H,13-16H2;7-8H,1-6H2. The number of hydrogen-bond acceptors (Lipinski definition) is 6. The van der Waals surface area contributed by atoms with E-state index in [1.807, 2.05) is 24.3 Å². The second kappa shape index (κ2) is 11.5. The van der Waals surface area contributed by atoms with Crippen LogP contribution in [0.5, 0.6) is 0 Å². The third-order valence-corrected chi connectivity index (χ3v) is 3.90. The summed E-state index contributed by atoms with van der Waals surface area (Å²) in [5.74, 6) is 0. The van der Waals surface area contributed by atoms with Crippen LogP contribution in [0.3, 0.4) is 0 Å². The molecule has 6 heteroatoms. The Hall–Kier alpha value is -3.02. The Kier molecular flexibility index (Phi) is 9.31. The number of nitrogen functional groups attached to an aromatic ring is 4. The summed E-state index contributed by atoms with van der Waals surface area (Å²) < 4.78 is 0. The van der Waals surface area contributed by atoms with Crippen molar-refractivity contribution in [3.8, 4) is 11.1 Å². The van der Waals surface area contributed by atoms with Crippen LogP contribution in [0.4, 0.5) is 22.7 Å². The van der Waals surface area contributed by atoms with Crippen molar-refractivity contribution in [3.63, 3.8) is 0 Å². The number of aldehydes is 2. The highest BCUT2D eigenvalue weighted by atomic mass is 16.1. The Balaban J connectivity index is 0.000000294. The molecule has 0 aliphatic heterocycles. The summed E-state index contributed by atoms with van der Waals surface area (Å²) in [5.41, 5.74) is 27.0. The predicted octanol–water partition coefficient (Wildman–Crippen LogP) is 3.41. The molecule has 0 saturated heterocycles. The maximum absolute atomic E-state index is 9.84. The van der Waals surface area contributed by atoms with Crippen molar-refractivity contribution < 1.29 is 9.59 Å². The topological polar surface area (TPSA) is 138 Å². The molecule has 0 heterocycles. The highest BCUT2D eigenvalue weighted by Crippen LogP contribution is 2.28. The first-order valence-corrected chi connectivity index (χ1v) is 8.67. The van der Waals surface area contributed by atoms with Gasteiger partial charge in [0.25, 0.3) is 0 Å². The molecule has 2 aromatic carbocycles. The van der Waals surface area contributed by atoms with Crippen molar-refractivity contribution in [2.24, 2.45) is 0 Å². The smallest absolute Gasteiger partial charge is 0.119 e. The fourth-order valence-electron chi connectivity index (χ4n) is 2.32. The molecule has 0 spiro atoms. The van der Waals surface area contributed by atoms with Crippen LogP contribution in [0.25, 0.3) is 11.1 Å². The maximum Gasteiger partial charge on any atom is 0.119 e. The molecule has 6 nitrogen and oxygen atoms in total. The van der Waals surface area contributed by atoms with Gasteiger partial charge in [0.1, 0.15) is 12.6 Å². The van der Waals surface area contributed by atoms with Gasteiger partial charge in [0, 0.05) is 12.8 Å². The molecule has 0 unspecified atom stereocenters. The third kappa shape index (κ3) is 7.25. The Morgan fingerprint density at radius 3 is 1.27 bits per heavy atom. The molecular formula is C20H28N4O2. The number of hydrogen-bond donors (Lipinski definition) is 4. The van der Waals surface area contributed by atoms with E-state index in [4.69, 9.17) is 22.9 Å². The second-order valence-electron chi connectivity index (χ2n) is 6.01. The van der Waals surface area contributed by atoms with Crippen LogP contribution in [0.15, 0.2) is 36.4 Å². The van der Waals surface area contributed by atoms with Crippen molar-refractivity contribution in [1.82, 2.24) is 0 Å². The first-order valence-electron chi connectivity index (χ1n) is 8.67. The lowest BCUT2D eigenvalue weighted by Crippen LogP contribution is -1.96. The summed E-state index contributed by atoms with van der Waals surface area (Å²) in [5, 5.41) is 0. The van der Waals surface area contributed by atoms with Crippen LogP contribution in [0.1, 0.15) is 38.5 Å². The van der Waals surface area contributed by atoms with E-state index < -0.39 is 0 Å². The number of rotatable bonds is 8. The fraction of sp³-hybridized carbons (Fsp3) is 0.300. The molecule has 0 aliphatic carbocycles. The van der Waals surface area contributed by atoms with E-state index in [1.54, 1.807) is 12.1 Å². The van der Waals surface area contributed by atoms with E-state index >= 15 is 0 Å². The lowest BCUT2D eigenvalue weighted by atomic mass is 10.0. The van der Waals surface area contributed by atoms with Crippen molar-refractivity contribution in [3.05, 3.63) is 36.4 Å². The van der Waals surface area contributed by atoms with Gasteiger partial charge in [0.2, 0.25) is 0 Å². The first kappa shape index (κ1) is 21.0. The molecule has 0 atom stereocenters.